The highest BCUT2D eigenvalue weighted by Crippen LogP contribution is 2.21. The number of ether oxygens (including phenoxy) is 1. The molecule has 1 aliphatic heterocycles. The van der Waals surface area contributed by atoms with Crippen molar-refractivity contribution in [3.05, 3.63) is 47.5 Å². The van der Waals surface area contributed by atoms with Crippen LogP contribution in [-0.2, 0) is 16.0 Å². The van der Waals surface area contributed by atoms with Crippen molar-refractivity contribution in [1.29, 1.82) is 0 Å². The number of carboxylic acids is 1. The molecule has 1 amide bonds. The van der Waals surface area contributed by atoms with Crippen LogP contribution in [-0.4, -0.2) is 59.4 Å². The van der Waals surface area contributed by atoms with Crippen LogP contribution in [0.1, 0.15) is 41.6 Å². The number of carbonyl (C=O) groups excluding carboxylic acids is 1. The Balaban J connectivity index is 1.87. The zero-order valence-electron chi connectivity index (χ0n) is 15.1. The Morgan fingerprint density at radius 3 is 2.77 bits per heavy atom. The van der Waals surface area contributed by atoms with Crippen molar-refractivity contribution in [1.82, 2.24) is 4.90 Å². The van der Waals surface area contributed by atoms with Crippen molar-refractivity contribution in [2.24, 2.45) is 0 Å². The standard InChI is InChI=1S/C20H27NO5/c1-26-14-2-3-18(22)10-8-17-9-11-19(23)21(17)13-12-15-4-6-16(7-5-15)20(24)25/h4-8,10,17-18,22H,2-3,9,11-14H2,1H3,(H,24,25)/b10-8-. The van der Waals surface area contributed by atoms with Gasteiger partial charge in [-0.1, -0.05) is 24.3 Å². The highest BCUT2D eigenvalue weighted by molar-refractivity contribution is 5.87. The third kappa shape index (κ3) is 5.97. The van der Waals surface area contributed by atoms with E-state index < -0.39 is 12.1 Å². The summed E-state index contributed by atoms with van der Waals surface area (Å²) in [4.78, 5) is 24.9. The number of aliphatic hydroxyl groups is 1. The Morgan fingerprint density at radius 2 is 2.12 bits per heavy atom. The number of nitrogens with zero attached hydrogens (tertiary/aromatic N) is 1. The zero-order chi connectivity index (χ0) is 18.9. The van der Waals surface area contributed by atoms with E-state index in [1.807, 2.05) is 11.0 Å². The normalized spacial score (nSPS) is 18.6. The van der Waals surface area contributed by atoms with E-state index in [1.54, 1.807) is 37.5 Å². The molecule has 2 N–H and O–H groups in total. The first-order valence-corrected chi connectivity index (χ1v) is 8.98. The Morgan fingerprint density at radius 1 is 1.38 bits per heavy atom. The average molecular weight is 361 g/mol. The number of aromatic carboxylic acids is 1. The summed E-state index contributed by atoms with van der Waals surface area (Å²) in [6, 6.07) is 6.75. The first kappa shape index (κ1) is 20.1. The van der Waals surface area contributed by atoms with Crippen LogP contribution in [0.3, 0.4) is 0 Å². The molecule has 2 rings (SSSR count). The summed E-state index contributed by atoms with van der Waals surface area (Å²) in [7, 11) is 1.64. The van der Waals surface area contributed by atoms with E-state index in [0.717, 1.165) is 18.4 Å². The number of aliphatic hydroxyl groups excluding tert-OH is 1. The zero-order valence-corrected chi connectivity index (χ0v) is 15.1. The van der Waals surface area contributed by atoms with Crippen LogP contribution >= 0.6 is 0 Å². The molecule has 0 radical (unpaired) electrons. The minimum atomic E-state index is -0.944. The van der Waals surface area contributed by atoms with Gasteiger partial charge in [0.25, 0.3) is 0 Å². The topological polar surface area (TPSA) is 87.1 Å². The van der Waals surface area contributed by atoms with E-state index in [0.29, 0.717) is 32.4 Å². The molecule has 0 aliphatic carbocycles. The molecule has 0 spiro atoms. The van der Waals surface area contributed by atoms with Gasteiger partial charge in [0.1, 0.15) is 0 Å². The molecular formula is C20H27NO5. The lowest BCUT2D eigenvalue weighted by Gasteiger charge is -2.22. The van der Waals surface area contributed by atoms with E-state index >= 15 is 0 Å². The lowest BCUT2D eigenvalue weighted by atomic mass is 10.1. The van der Waals surface area contributed by atoms with Gasteiger partial charge in [0.2, 0.25) is 5.91 Å². The average Bonchev–Trinajstić information content (AvgIpc) is 2.98. The highest BCUT2D eigenvalue weighted by Gasteiger charge is 2.28. The van der Waals surface area contributed by atoms with Crippen molar-refractivity contribution in [2.45, 2.75) is 44.2 Å². The Hall–Kier alpha value is -2.18. The van der Waals surface area contributed by atoms with Crippen molar-refractivity contribution >= 4 is 11.9 Å². The minimum Gasteiger partial charge on any atom is -0.478 e. The lowest BCUT2D eigenvalue weighted by Crippen LogP contribution is -2.33. The first-order chi connectivity index (χ1) is 12.5. The van der Waals surface area contributed by atoms with E-state index in [4.69, 9.17) is 9.84 Å². The van der Waals surface area contributed by atoms with E-state index in [9.17, 15) is 14.7 Å². The predicted molar refractivity (Wildman–Crippen MR) is 98.1 cm³/mol. The Kier molecular flexibility index (Phi) is 7.81. The maximum atomic E-state index is 12.1. The first-order valence-electron chi connectivity index (χ1n) is 8.98. The molecule has 1 fully saturated rings. The minimum absolute atomic E-state index is 0.0119. The Bertz CT molecular complexity index is 626. The van der Waals surface area contributed by atoms with Crippen LogP contribution in [0.25, 0.3) is 0 Å². The molecule has 6 nitrogen and oxygen atoms in total. The molecule has 1 saturated heterocycles. The van der Waals surface area contributed by atoms with Crippen molar-refractivity contribution in [3.8, 4) is 0 Å². The lowest BCUT2D eigenvalue weighted by molar-refractivity contribution is -0.128. The van der Waals surface area contributed by atoms with Gasteiger partial charge < -0.3 is 19.8 Å². The van der Waals surface area contributed by atoms with E-state index in [1.165, 1.54) is 0 Å². The second kappa shape index (κ2) is 10.1. The summed E-state index contributed by atoms with van der Waals surface area (Å²) in [6.07, 6.45) is 6.56. The Labute approximate surface area is 154 Å². The van der Waals surface area contributed by atoms with Crippen LogP contribution < -0.4 is 0 Å². The number of likely N-dealkylation sites (tertiary alicyclic amines) is 1. The van der Waals surface area contributed by atoms with Gasteiger partial charge in [-0.25, -0.2) is 4.79 Å². The summed E-state index contributed by atoms with van der Waals surface area (Å²) in [5, 5.41) is 18.9. The molecule has 2 atom stereocenters. The molecule has 26 heavy (non-hydrogen) atoms. The number of methoxy groups -OCH3 is 1. The molecule has 2 unspecified atom stereocenters. The molecule has 1 aromatic rings. The van der Waals surface area contributed by atoms with E-state index in [-0.39, 0.29) is 17.5 Å². The number of hydrogen-bond donors (Lipinski definition) is 2. The van der Waals surface area contributed by atoms with Gasteiger partial charge in [0.15, 0.2) is 0 Å². The van der Waals surface area contributed by atoms with Crippen molar-refractivity contribution in [2.75, 3.05) is 20.3 Å². The summed E-state index contributed by atoms with van der Waals surface area (Å²) >= 11 is 0. The molecule has 0 saturated carbocycles. The fourth-order valence-electron chi connectivity index (χ4n) is 3.10. The summed E-state index contributed by atoms with van der Waals surface area (Å²) in [5.41, 5.74) is 1.26. The molecule has 0 aromatic heterocycles. The molecule has 0 bridgehead atoms. The predicted octanol–water partition coefficient (Wildman–Crippen LogP) is 2.26. The number of carboxylic acid groups (broad SMARTS) is 1. The second-order valence-corrected chi connectivity index (χ2v) is 6.53. The number of benzene rings is 1. The van der Waals surface area contributed by atoms with Gasteiger partial charge in [0.05, 0.1) is 17.7 Å². The van der Waals surface area contributed by atoms with Crippen LogP contribution in [0.4, 0.5) is 0 Å². The third-order valence-corrected chi connectivity index (χ3v) is 4.62. The summed E-state index contributed by atoms with van der Waals surface area (Å²) in [5.74, 6) is -0.823. The third-order valence-electron chi connectivity index (χ3n) is 4.62. The number of carbonyl (C=O) groups is 2. The van der Waals surface area contributed by atoms with Gasteiger partial charge in [-0.2, -0.15) is 0 Å². The largest absolute Gasteiger partial charge is 0.478 e. The van der Waals surface area contributed by atoms with Gasteiger partial charge in [-0.15, -0.1) is 0 Å². The van der Waals surface area contributed by atoms with E-state index in [2.05, 4.69) is 0 Å². The maximum Gasteiger partial charge on any atom is 0.335 e. The SMILES string of the molecule is COCCCC(O)/C=C\C1CCC(=O)N1CCc1ccc(C(=O)O)cc1. The quantitative estimate of drug-likeness (QED) is 0.493. The van der Waals surface area contributed by atoms with Crippen LogP contribution in [0.5, 0.6) is 0 Å². The van der Waals surface area contributed by atoms with Gasteiger partial charge in [-0.05, 0) is 43.4 Å². The van der Waals surface area contributed by atoms with Crippen LogP contribution in [0.15, 0.2) is 36.4 Å². The fourth-order valence-corrected chi connectivity index (χ4v) is 3.10. The molecule has 1 heterocycles. The monoisotopic (exact) mass is 361 g/mol. The summed E-state index contributed by atoms with van der Waals surface area (Å²) in [6.45, 7) is 1.21. The van der Waals surface area contributed by atoms with Gasteiger partial charge in [-0.3, -0.25) is 4.79 Å². The summed E-state index contributed by atoms with van der Waals surface area (Å²) < 4.78 is 4.98. The van der Waals surface area contributed by atoms with Gasteiger partial charge in [0, 0.05) is 26.7 Å². The number of amides is 1. The molecular weight excluding hydrogens is 334 g/mol. The van der Waals surface area contributed by atoms with Crippen LogP contribution in [0.2, 0.25) is 0 Å². The number of rotatable bonds is 10. The highest BCUT2D eigenvalue weighted by atomic mass is 16.5. The van der Waals surface area contributed by atoms with Crippen LogP contribution in [0, 0.1) is 0 Å². The van der Waals surface area contributed by atoms with Crippen molar-refractivity contribution in [3.63, 3.8) is 0 Å². The van der Waals surface area contributed by atoms with Gasteiger partial charge >= 0.3 is 5.97 Å². The molecule has 1 aliphatic rings. The van der Waals surface area contributed by atoms with Crippen molar-refractivity contribution < 1.29 is 24.5 Å². The second-order valence-electron chi connectivity index (χ2n) is 6.53. The molecule has 6 heteroatoms. The number of hydrogen-bond acceptors (Lipinski definition) is 4. The fraction of sp³-hybridized carbons (Fsp3) is 0.500. The molecule has 142 valence electrons. The molecule has 1 aromatic carbocycles. The smallest absolute Gasteiger partial charge is 0.335 e. The maximum absolute atomic E-state index is 12.1.